The van der Waals surface area contributed by atoms with Gasteiger partial charge in [-0.2, -0.15) is 0 Å². The molecule has 4 nitrogen and oxygen atoms in total. The summed E-state index contributed by atoms with van der Waals surface area (Å²) in [7, 11) is 0. The van der Waals surface area contributed by atoms with Crippen molar-refractivity contribution in [2.24, 2.45) is 0 Å². The molecule has 0 bridgehead atoms. The van der Waals surface area contributed by atoms with Gasteiger partial charge in [0.25, 0.3) is 0 Å². The van der Waals surface area contributed by atoms with Crippen LogP contribution in [-0.2, 0) is 16.0 Å². The highest BCUT2D eigenvalue weighted by atomic mass is 16.2. The van der Waals surface area contributed by atoms with Crippen molar-refractivity contribution in [3.05, 3.63) is 29.8 Å². The molecule has 0 spiro atoms. The molecule has 1 unspecified atom stereocenters. The number of hydrogen-bond acceptors (Lipinski definition) is 2. The van der Waals surface area contributed by atoms with E-state index in [9.17, 15) is 9.59 Å². The van der Waals surface area contributed by atoms with Crippen LogP contribution in [0.15, 0.2) is 24.3 Å². The van der Waals surface area contributed by atoms with Gasteiger partial charge in [-0.25, -0.2) is 0 Å². The lowest BCUT2D eigenvalue weighted by atomic mass is 10.1. The molecular weight excluding hydrogens is 252 g/mol. The Kier molecular flexibility index (Phi) is 4.77. The molecule has 0 aliphatic carbocycles. The molecule has 2 amide bonds. The molecule has 1 saturated heterocycles. The van der Waals surface area contributed by atoms with E-state index in [0.29, 0.717) is 6.42 Å². The summed E-state index contributed by atoms with van der Waals surface area (Å²) in [5, 5.41) is 2.77. The van der Waals surface area contributed by atoms with Crippen molar-refractivity contribution in [1.82, 2.24) is 5.32 Å². The van der Waals surface area contributed by atoms with E-state index in [1.165, 1.54) is 5.56 Å². The molecular formula is C16H22N2O2. The summed E-state index contributed by atoms with van der Waals surface area (Å²) in [4.78, 5) is 25.7. The summed E-state index contributed by atoms with van der Waals surface area (Å²) in [6.45, 7) is 4.27. The van der Waals surface area contributed by atoms with Crippen LogP contribution in [0.3, 0.4) is 0 Å². The maximum Gasteiger partial charge on any atom is 0.250 e. The molecule has 1 aromatic carbocycles. The molecule has 1 aromatic rings. The van der Waals surface area contributed by atoms with E-state index in [1.54, 1.807) is 4.90 Å². The number of carbonyl (C=O) groups is 2. The monoisotopic (exact) mass is 274 g/mol. The van der Waals surface area contributed by atoms with E-state index in [1.807, 2.05) is 31.2 Å². The largest absolute Gasteiger partial charge is 0.343 e. The smallest absolute Gasteiger partial charge is 0.250 e. The summed E-state index contributed by atoms with van der Waals surface area (Å²) >= 11 is 0. The van der Waals surface area contributed by atoms with Gasteiger partial charge in [0.2, 0.25) is 11.8 Å². The number of benzene rings is 1. The molecule has 1 N–H and O–H groups in total. The molecule has 1 aliphatic rings. The lowest BCUT2D eigenvalue weighted by molar-refractivity contribution is -0.131. The third-order valence-electron chi connectivity index (χ3n) is 3.57. The Bertz CT molecular complexity index is 482. The molecule has 1 fully saturated rings. The van der Waals surface area contributed by atoms with Crippen molar-refractivity contribution >= 4 is 17.5 Å². The first kappa shape index (κ1) is 14.6. The predicted molar refractivity (Wildman–Crippen MR) is 79.6 cm³/mol. The Morgan fingerprint density at radius 3 is 2.45 bits per heavy atom. The van der Waals surface area contributed by atoms with Crippen LogP contribution in [0.4, 0.5) is 5.69 Å². The quantitative estimate of drug-likeness (QED) is 0.895. The standard InChI is InChI=1S/C16H22N2O2/c1-3-5-12-7-9-13(10-8-12)18-11-15(19)17-14(6-4-2)16(18)20/h7-10,14H,3-6,11H2,1-2H3,(H,17,19). The third-order valence-corrected chi connectivity index (χ3v) is 3.57. The Morgan fingerprint density at radius 1 is 1.15 bits per heavy atom. The lowest BCUT2D eigenvalue weighted by Gasteiger charge is -2.32. The van der Waals surface area contributed by atoms with Gasteiger partial charge in [-0.3, -0.25) is 9.59 Å². The van der Waals surface area contributed by atoms with Gasteiger partial charge in [-0.05, 0) is 30.5 Å². The number of carbonyl (C=O) groups excluding carboxylic acids is 2. The van der Waals surface area contributed by atoms with Gasteiger partial charge < -0.3 is 10.2 Å². The average Bonchev–Trinajstić information content (AvgIpc) is 2.44. The summed E-state index contributed by atoms with van der Waals surface area (Å²) in [5.74, 6) is -0.0876. The van der Waals surface area contributed by atoms with Crippen molar-refractivity contribution in [3.8, 4) is 0 Å². The SMILES string of the molecule is CCCc1ccc(N2CC(=O)NC(CCC)C2=O)cc1. The number of nitrogens with one attached hydrogen (secondary N) is 1. The number of amides is 2. The highest BCUT2D eigenvalue weighted by Crippen LogP contribution is 2.20. The Balaban J connectivity index is 2.17. The first-order valence-electron chi connectivity index (χ1n) is 7.35. The van der Waals surface area contributed by atoms with Crippen LogP contribution < -0.4 is 10.2 Å². The molecule has 20 heavy (non-hydrogen) atoms. The fourth-order valence-corrected chi connectivity index (χ4v) is 2.55. The lowest BCUT2D eigenvalue weighted by Crippen LogP contribution is -2.58. The van der Waals surface area contributed by atoms with E-state index < -0.39 is 0 Å². The molecule has 4 heteroatoms. The van der Waals surface area contributed by atoms with Crippen molar-refractivity contribution < 1.29 is 9.59 Å². The molecule has 0 saturated carbocycles. The molecule has 1 heterocycles. The number of nitrogens with zero attached hydrogens (tertiary/aromatic N) is 1. The van der Waals surface area contributed by atoms with Crippen molar-refractivity contribution in [1.29, 1.82) is 0 Å². The predicted octanol–water partition coefficient (Wildman–Crippen LogP) is 2.27. The van der Waals surface area contributed by atoms with E-state index in [2.05, 4.69) is 12.2 Å². The van der Waals surface area contributed by atoms with Gasteiger partial charge in [0.1, 0.15) is 12.6 Å². The third kappa shape index (κ3) is 3.18. The first-order valence-corrected chi connectivity index (χ1v) is 7.35. The molecule has 1 aliphatic heterocycles. The van der Waals surface area contributed by atoms with Crippen molar-refractivity contribution in [3.63, 3.8) is 0 Å². The number of aryl methyl sites for hydroxylation is 1. The highest BCUT2D eigenvalue weighted by molar-refractivity contribution is 6.06. The van der Waals surface area contributed by atoms with E-state index in [-0.39, 0.29) is 24.4 Å². The number of anilines is 1. The van der Waals surface area contributed by atoms with E-state index in [4.69, 9.17) is 0 Å². The Hall–Kier alpha value is -1.84. The summed E-state index contributed by atoms with van der Waals surface area (Å²) in [5.41, 5.74) is 2.07. The van der Waals surface area contributed by atoms with Crippen LogP contribution in [0.2, 0.25) is 0 Å². The molecule has 0 aromatic heterocycles. The first-order chi connectivity index (χ1) is 9.65. The van der Waals surface area contributed by atoms with Crippen molar-refractivity contribution in [2.45, 2.75) is 45.6 Å². The second-order valence-corrected chi connectivity index (χ2v) is 5.25. The number of rotatable bonds is 5. The van der Waals surface area contributed by atoms with Crippen molar-refractivity contribution in [2.75, 3.05) is 11.4 Å². The average molecular weight is 274 g/mol. The minimum absolute atomic E-state index is 0.00492. The topological polar surface area (TPSA) is 49.4 Å². The minimum atomic E-state index is -0.378. The normalized spacial score (nSPS) is 19.1. The van der Waals surface area contributed by atoms with Gasteiger partial charge in [-0.15, -0.1) is 0 Å². The second kappa shape index (κ2) is 6.55. The van der Waals surface area contributed by atoms with E-state index >= 15 is 0 Å². The summed E-state index contributed by atoms with van der Waals surface area (Å²) < 4.78 is 0. The van der Waals surface area contributed by atoms with Gasteiger partial charge in [-0.1, -0.05) is 38.8 Å². The number of piperazine rings is 1. The molecule has 108 valence electrons. The zero-order valence-corrected chi connectivity index (χ0v) is 12.2. The molecule has 2 rings (SSSR count). The van der Waals surface area contributed by atoms with Gasteiger partial charge in [0.05, 0.1) is 0 Å². The Labute approximate surface area is 120 Å². The second-order valence-electron chi connectivity index (χ2n) is 5.25. The maximum atomic E-state index is 12.4. The van der Waals surface area contributed by atoms with Gasteiger partial charge >= 0.3 is 0 Å². The van der Waals surface area contributed by atoms with Crippen LogP contribution >= 0.6 is 0 Å². The zero-order chi connectivity index (χ0) is 14.5. The van der Waals surface area contributed by atoms with Crippen LogP contribution in [0.1, 0.15) is 38.7 Å². The molecule has 0 radical (unpaired) electrons. The summed E-state index contributed by atoms with van der Waals surface area (Å²) in [6, 6.07) is 7.56. The van der Waals surface area contributed by atoms with Crippen LogP contribution in [0.5, 0.6) is 0 Å². The van der Waals surface area contributed by atoms with Crippen LogP contribution in [-0.4, -0.2) is 24.4 Å². The van der Waals surface area contributed by atoms with Crippen LogP contribution in [0.25, 0.3) is 0 Å². The number of hydrogen-bond donors (Lipinski definition) is 1. The van der Waals surface area contributed by atoms with Gasteiger partial charge in [0, 0.05) is 5.69 Å². The molecule has 1 atom stereocenters. The maximum absolute atomic E-state index is 12.4. The fraction of sp³-hybridized carbons (Fsp3) is 0.500. The Morgan fingerprint density at radius 2 is 1.85 bits per heavy atom. The summed E-state index contributed by atoms with van der Waals surface area (Å²) in [6.07, 6.45) is 3.70. The minimum Gasteiger partial charge on any atom is -0.343 e. The van der Waals surface area contributed by atoms with Crippen LogP contribution in [0, 0.1) is 0 Å². The highest BCUT2D eigenvalue weighted by Gasteiger charge is 2.32. The van der Waals surface area contributed by atoms with Gasteiger partial charge in [0.15, 0.2) is 0 Å². The fourth-order valence-electron chi connectivity index (χ4n) is 2.55. The zero-order valence-electron chi connectivity index (χ0n) is 12.2. The van der Waals surface area contributed by atoms with E-state index in [0.717, 1.165) is 24.9 Å².